The normalized spacial score (nSPS) is 18.3. The quantitative estimate of drug-likeness (QED) is 0.888. The molecule has 1 aromatic carbocycles. The summed E-state index contributed by atoms with van der Waals surface area (Å²) in [6.07, 6.45) is 4.58. The first-order chi connectivity index (χ1) is 8.62. The van der Waals surface area contributed by atoms with Crippen molar-refractivity contribution in [1.29, 1.82) is 0 Å². The molecule has 0 amide bonds. The fourth-order valence-corrected chi connectivity index (χ4v) is 2.58. The van der Waals surface area contributed by atoms with Gasteiger partial charge >= 0.3 is 5.97 Å². The maximum atomic E-state index is 11.5. The van der Waals surface area contributed by atoms with Crippen molar-refractivity contribution in [2.75, 3.05) is 6.61 Å². The number of carbonyl (C=O) groups is 1. The van der Waals surface area contributed by atoms with Crippen LogP contribution in [-0.2, 0) is 4.79 Å². The van der Waals surface area contributed by atoms with E-state index in [4.69, 9.17) is 4.74 Å². The topological polar surface area (TPSA) is 46.5 Å². The number of benzene rings is 1. The van der Waals surface area contributed by atoms with E-state index in [-0.39, 0.29) is 6.61 Å². The lowest BCUT2D eigenvalue weighted by atomic mass is 9.75. The predicted octanol–water partition coefficient (Wildman–Crippen LogP) is 3.41. The highest BCUT2D eigenvalue weighted by Gasteiger charge is 2.40. The lowest BCUT2D eigenvalue weighted by molar-refractivity contribution is -0.153. The molecule has 0 bridgehead atoms. The van der Waals surface area contributed by atoms with Gasteiger partial charge in [0.1, 0.15) is 17.8 Å². The van der Waals surface area contributed by atoms with Crippen LogP contribution >= 0.6 is 0 Å². The van der Waals surface area contributed by atoms with Crippen LogP contribution in [0.4, 0.5) is 0 Å². The Morgan fingerprint density at radius 1 is 1.33 bits per heavy atom. The highest BCUT2D eigenvalue weighted by atomic mass is 16.5. The van der Waals surface area contributed by atoms with E-state index in [0.717, 1.165) is 43.4 Å². The molecule has 1 aliphatic carbocycles. The SMILES string of the molecule is Cc1cccc(OCC2(C(=O)O)CCCCC2)c1. The van der Waals surface area contributed by atoms with Crippen LogP contribution in [0, 0.1) is 12.3 Å². The minimum atomic E-state index is -0.713. The summed E-state index contributed by atoms with van der Waals surface area (Å²) in [4.78, 5) is 11.5. The van der Waals surface area contributed by atoms with Crippen molar-refractivity contribution in [3.8, 4) is 5.75 Å². The van der Waals surface area contributed by atoms with Gasteiger partial charge in [0.25, 0.3) is 0 Å². The Balaban J connectivity index is 2.04. The van der Waals surface area contributed by atoms with E-state index in [9.17, 15) is 9.90 Å². The maximum absolute atomic E-state index is 11.5. The van der Waals surface area contributed by atoms with Crippen molar-refractivity contribution >= 4 is 5.97 Å². The highest BCUT2D eigenvalue weighted by Crippen LogP contribution is 2.37. The molecule has 3 nitrogen and oxygen atoms in total. The molecule has 18 heavy (non-hydrogen) atoms. The number of rotatable bonds is 4. The van der Waals surface area contributed by atoms with E-state index < -0.39 is 11.4 Å². The zero-order chi connectivity index (χ0) is 13.0. The second-order valence-electron chi connectivity index (χ2n) is 5.25. The summed E-state index contributed by atoms with van der Waals surface area (Å²) in [5.74, 6) is 0.0519. The molecule has 0 aliphatic heterocycles. The van der Waals surface area contributed by atoms with Crippen LogP contribution in [0.5, 0.6) is 5.75 Å². The van der Waals surface area contributed by atoms with Crippen molar-refractivity contribution in [1.82, 2.24) is 0 Å². The molecule has 0 unspecified atom stereocenters. The van der Waals surface area contributed by atoms with Crippen molar-refractivity contribution < 1.29 is 14.6 Å². The van der Waals surface area contributed by atoms with E-state index in [1.807, 2.05) is 31.2 Å². The Morgan fingerprint density at radius 2 is 2.06 bits per heavy atom. The fraction of sp³-hybridized carbons (Fsp3) is 0.533. The summed E-state index contributed by atoms with van der Waals surface area (Å²) in [6.45, 7) is 2.28. The smallest absolute Gasteiger partial charge is 0.313 e. The molecule has 1 fully saturated rings. The lowest BCUT2D eigenvalue weighted by Gasteiger charge is -2.32. The molecule has 3 heteroatoms. The monoisotopic (exact) mass is 248 g/mol. The molecule has 2 rings (SSSR count). The zero-order valence-electron chi connectivity index (χ0n) is 10.8. The first-order valence-electron chi connectivity index (χ1n) is 6.55. The zero-order valence-corrected chi connectivity index (χ0v) is 10.8. The minimum Gasteiger partial charge on any atom is -0.492 e. The Hall–Kier alpha value is -1.51. The van der Waals surface area contributed by atoms with E-state index >= 15 is 0 Å². The first-order valence-corrected chi connectivity index (χ1v) is 6.55. The number of ether oxygens (including phenoxy) is 1. The van der Waals surface area contributed by atoms with Gasteiger partial charge in [0.2, 0.25) is 0 Å². The van der Waals surface area contributed by atoms with Crippen molar-refractivity contribution in [3.63, 3.8) is 0 Å². The summed E-state index contributed by atoms with van der Waals surface area (Å²) in [5, 5.41) is 9.44. The summed E-state index contributed by atoms with van der Waals surface area (Å²) >= 11 is 0. The van der Waals surface area contributed by atoms with E-state index in [2.05, 4.69) is 0 Å². The van der Waals surface area contributed by atoms with Crippen LogP contribution in [0.15, 0.2) is 24.3 Å². The summed E-state index contributed by atoms with van der Waals surface area (Å²) in [6, 6.07) is 7.75. The molecule has 0 heterocycles. The van der Waals surface area contributed by atoms with Gasteiger partial charge in [0.05, 0.1) is 0 Å². The van der Waals surface area contributed by atoms with Crippen LogP contribution in [0.1, 0.15) is 37.7 Å². The summed E-state index contributed by atoms with van der Waals surface area (Å²) in [7, 11) is 0. The average molecular weight is 248 g/mol. The molecule has 0 spiro atoms. The standard InChI is InChI=1S/C15H20O3/c1-12-6-5-7-13(10-12)18-11-15(14(16)17)8-3-2-4-9-15/h5-7,10H,2-4,8-9,11H2,1H3,(H,16,17). The van der Waals surface area contributed by atoms with Gasteiger partial charge in [-0.1, -0.05) is 31.4 Å². The lowest BCUT2D eigenvalue weighted by Crippen LogP contribution is -2.38. The van der Waals surface area contributed by atoms with Gasteiger partial charge in [0.15, 0.2) is 0 Å². The molecule has 1 saturated carbocycles. The molecular weight excluding hydrogens is 228 g/mol. The third kappa shape index (κ3) is 2.84. The van der Waals surface area contributed by atoms with Crippen LogP contribution in [-0.4, -0.2) is 17.7 Å². The van der Waals surface area contributed by atoms with Crippen LogP contribution in [0.3, 0.4) is 0 Å². The molecule has 0 saturated heterocycles. The maximum Gasteiger partial charge on any atom is 0.313 e. The van der Waals surface area contributed by atoms with E-state index in [1.54, 1.807) is 0 Å². The van der Waals surface area contributed by atoms with Crippen LogP contribution < -0.4 is 4.74 Å². The van der Waals surface area contributed by atoms with Gasteiger partial charge in [-0.25, -0.2) is 0 Å². The van der Waals surface area contributed by atoms with Gasteiger partial charge in [-0.05, 0) is 37.5 Å². The number of aliphatic carboxylic acids is 1. The molecule has 98 valence electrons. The molecule has 1 N–H and O–H groups in total. The summed E-state index contributed by atoms with van der Waals surface area (Å²) in [5.41, 5.74) is 0.447. The Kier molecular flexibility index (Phi) is 3.90. The fourth-order valence-electron chi connectivity index (χ4n) is 2.58. The first kappa shape index (κ1) is 12.9. The third-order valence-electron chi connectivity index (χ3n) is 3.77. The number of aryl methyl sites for hydroxylation is 1. The van der Waals surface area contributed by atoms with Crippen molar-refractivity contribution in [2.24, 2.45) is 5.41 Å². The van der Waals surface area contributed by atoms with Crippen LogP contribution in [0.25, 0.3) is 0 Å². The molecule has 1 aliphatic rings. The number of hydrogen-bond donors (Lipinski definition) is 1. The number of carboxylic acids is 1. The Bertz CT molecular complexity index is 420. The number of hydrogen-bond acceptors (Lipinski definition) is 2. The third-order valence-corrected chi connectivity index (χ3v) is 3.77. The second kappa shape index (κ2) is 5.42. The Labute approximate surface area is 108 Å². The summed E-state index contributed by atoms with van der Waals surface area (Å²) < 4.78 is 5.71. The molecule has 0 atom stereocenters. The highest BCUT2D eigenvalue weighted by molar-refractivity contribution is 5.75. The minimum absolute atomic E-state index is 0.284. The Morgan fingerprint density at radius 3 is 2.67 bits per heavy atom. The second-order valence-corrected chi connectivity index (χ2v) is 5.25. The van der Waals surface area contributed by atoms with Crippen molar-refractivity contribution in [3.05, 3.63) is 29.8 Å². The van der Waals surface area contributed by atoms with E-state index in [1.165, 1.54) is 0 Å². The largest absolute Gasteiger partial charge is 0.492 e. The average Bonchev–Trinajstić information content (AvgIpc) is 2.37. The molecule has 0 aromatic heterocycles. The van der Waals surface area contributed by atoms with Gasteiger partial charge in [-0.2, -0.15) is 0 Å². The van der Waals surface area contributed by atoms with Gasteiger partial charge < -0.3 is 9.84 Å². The van der Waals surface area contributed by atoms with Gasteiger partial charge in [0, 0.05) is 0 Å². The molecular formula is C15H20O3. The predicted molar refractivity (Wildman–Crippen MR) is 69.8 cm³/mol. The van der Waals surface area contributed by atoms with E-state index in [0.29, 0.717) is 0 Å². The van der Waals surface area contributed by atoms with Crippen LogP contribution in [0.2, 0.25) is 0 Å². The molecule has 1 aromatic rings. The van der Waals surface area contributed by atoms with Gasteiger partial charge in [-0.15, -0.1) is 0 Å². The number of carboxylic acid groups (broad SMARTS) is 1. The molecule has 0 radical (unpaired) electrons. The van der Waals surface area contributed by atoms with Gasteiger partial charge in [-0.3, -0.25) is 4.79 Å². The van der Waals surface area contributed by atoms with Crippen molar-refractivity contribution in [2.45, 2.75) is 39.0 Å².